The average molecular weight is 368 g/mol. The number of fused-ring (bicyclic) bond motifs is 1. The van der Waals surface area contributed by atoms with Crippen LogP contribution in [0.25, 0.3) is 21.5 Å². The van der Waals surface area contributed by atoms with E-state index in [4.69, 9.17) is 16.0 Å². The highest BCUT2D eigenvalue weighted by Gasteiger charge is 2.12. The van der Waals surface area contributed by atoms with Crippen LogP contribution in [0.5, 0.6) is 5.75 Å². The minimum atomic E-state index is -2.60. The van der Waals surface area contributed by atoms with E-state index in [2.05, 4.69) is 4.98 Å². The molecule has 0 saturated heterocycles. The monoisotopic (exact) mass is 368 g/mol. The van der Waals surface area contributed by atoms with Gasteiger partial charge in [-0.2, -0.15) is 0 Å². The van der Waals surface area contributed by atoms with Crippen molar-refractivity contribution in [3.63, 3.8) is 0 Å². The second-order valence-corrected chi connectivity index (χ2v) is 6.43. The topological polar surface area (TPSA) is 52.3 Å². The highest BCUT2D eigenvalue weighted by molar-refractivity contribution is 7.17. The molecule has 4 rings (SSSR count). The molecule has 4 nitrogen and oxygen atoms in total. The highest BCUT2D eigenvalue weighted by atomic mass is 32.1. The van der Waals surface area contributed by atoms with Crippen molar-refractivity contribution in [2.75, 3.05) is 6.56 Å². The first-order valence-electron chi connectivity index (χ1n) is 10.4. The molecule has 26 heavy (non-hydrogen) atoms. The number of hydrogen-bond acceptors (Lipinski definition) is 5. The minimum Gasteiger partial charge on any atom is -0.493 e. The van der Waals surface area contributed by atoms with E-state index in [-0.39, 0.29) is 23.1 Å². The number of aldehydes is 1. The fourth-order valence-corrected chi connectivity index (χ4v) is 3.49. The summed E-state index contributed by atoms with van der Waals surface area (Å²) in [5, 5.41) is 2.40. The Bertz CT molecular complexity index is 1230. The number of carbonyl (C=O) groups excluding carboxylic acids is 1. The number of nitrogens with zero attached hydrogens (tertiary/aromatic N) is 1. The Balaban J connectivity index is 1.67. The maximum atomic E-state index is 11.2. The van der Waals surface area contributed by atoms with Crippen LogP contribution in [0, 0.1) is 6.85 Å². The van der Waals surface area contributed by atoms with Gasteiger partial charge in [0.15, 0.2) is 6.29 Å². The molecule has 130 valence electrons. The van der Waals surface area contributed by atoms with E-state index in [1.807, 2.05) is 6.07 Å². The van der Waals surface area contributed by atoms with E-state index in [1.54, 1.807) is 41.8 Å². The van der Waals surface area contributed by atoms with Crippen LogP contribution in [0.1, 0.15) is 28.7 Å². The standard InChI is InChI=1S/C21H17NO3S/c1-14-18(22-21(25-14)15-5-3-2-4-6-15)9-11-24-19-8-7-16(13-23)20-17(19)10-12-26-20/h2-8,10,12-13H,9,11H2,1H3/i1D3,11D2. The lowest BCUT2D eigenvalue weighted by atomic mass is 10.1. The van der Waals surface area contributed by atoms with E-state index < -0.39 is 19.8 Å². The molecule has 0 spiro atoms. The number of rotatable bonds is 6. The smallest absolute Gasteiger partial charge is 0.226 e. The van der Waals surface area contributed by atoms with Crippen molar-refractivity contribution in [3.05, 3.63) is 70.9 Å². The number of ether oxygens (including phenoxy) is 1. The molecule has 2 heterocycles. The summed E-state index contributed by atoms with van der Waals surface area (Å²) in [6, 6.07) is 13.6. The fourth-order valence-electron chi connectivity index (χ4n) is 2.60. The van der Waals surface area contributed by atoms with E-state index >= 15 is 0 Å². The van der Waals surface area contributed by atoms with Crippen molar-refractivity contribution in [2.24, 2.45) is 0 Å². The van der Waals surface area contributed by atoms with Crippen LogP contribution < -0.4 is 4.74 Å². The van der Waals surface area contributed by atoms with Crippen LogP contribution in [0.4, 0.5) is 0 Å². The Morgan fingerprint density at radius 3 is 2.96 bits per heavy atom. The Morgan fingerprint density at radius 1 is 1.27 bits per heavy atom. The zero-order valence-corrected chi connectivity index (χ0v) is 14.4. The summed E-state index contributed by atoms with van der Waals surface area (Å²) >= 11 is 1.35. The molecule has 0 atom stereocenters. The maximum Gasteiger partial charge on any atom is 0.226 e. The van der Waals surface area contributed by atoms with Gasteiger partial charge in [0, 0.05) is 31.7 Å². The molecular formula is C21H17NO3S. The van der Waals surface area contributed by atoms with E-state index in [9.17, 15) is 4.79 Å². The number of thiophene rings is 1. The SMILES string of the molecule is [2H]C([2H])(Cc1nc(-c2ccccc2)oc1C([2H])([2H])[2H])Oc1ccc(C=O)c2sccc12. The van der Waals surface area contributed by atoms with Crippen LogP contribution in [0.15, 0.2) is 58.3 Å². The van der Waals surface area contributed by atoms with Gasteiger partial charge in [0.25, 0.3) is 0 Å². The Labute approximate surface area is 162 Å². The van der Waals surface area contributed by atoms with Gasteiger partial charge in [-0.05, 0) is 42.6 Å². The van der Waals surface area contributed by atoms with Crippen LogP contribution in [-0.4, -0.2) is 17.8 Å². The van der Waals surface area contributed by atoms with Crippen molar-refractivity contribution < 1.29 is 20.8 Å². The summed E-state index contributed by atoms with van der Waals surface area (Å²) in [4.78, 5) is 15.5. The lowest BCUT2D eigenvalue weighted by Gasteiger charge is -2.07. The van der Waals surface area contributed by atoms with Crippen molar-refractivity contribution in [1.29, 1.82) is 0 Å². The zero-order chi connectivity index (χ0) is 22.2. The predicted octanol–water partition coefficient (Wildman–Crippen LogP) is 5.30. The molecule has 4 aromatic rings. The normalized spacial score (nSPS) is 14.8. The van der Waals surface area contributed by atoms with Gasteiger partial charge in [-0.3, -0.25) is 4.79 Å². The van der Waals surface area contributed by atoms with Gasteiger partial charge in [-0.25, -0.2) is 4.98 Å². The van der Waals surface area contributed by atoms with Gasteiger partial charge in [0.2, 0.25) is 5.89 Å². The Morgan fingerprint density at radius 2 is 2.15 bits per heavy atom. The van der Waals surface area contributed by atoms with E-state index in [1.165, 1.54) is 17.4 Å². The number of carbonyl (C=O) groups is 1. The van der Waals surface area contributed by atoms with Gasteiger partial charge in [0.1, 0.15) is 11.5 Å². The molecule has 0 bridgehead atoms. The second kappa shape index (κ2) is 7.14. The Hall–Kier alpha value is -2.92. The first-order valence-corrected chi connectivity index (χ1v) is 8.76. The minimum absolute atomic E-state index is 0.0325. The van der Waals surface area contributed by atoms with Crippen molar-refractivity contribution in [1.82, 2.24) is 4.98 Å². The van der Waals surface area contributed by atoms with E-state index in [0.717, 1.165) is 6.29 Å². The van der Waals surface area contributed by atoms with Crippen LogP contribution in [0.2, 0.25) is 0 Å². The third kappa shape index (κ3) is 3.13. The number of aryl methyl sites for hydroxylation is 2. The van der Waals surface area contributed by atoms with Crippen LogP contribution in [-0.2, 0) is 6.42 Å². The van der Waals surface area contributed by atoms with Gasteiger partial charge in [-0.15, -0.1) is 11.3 Å². The van der Waals surface area contributed by atoms with Crippen LogP contribution in [0.3, 0.4) is 0 Å². The molecule has 0 unspecified atom stereocenters. The molecule has 2 aromatic heterocycles. The quantitative estimate of drug-likeness (QED) is 0.433. The van der Waals surface area contributed by atoms with Crippen LogP contribution >= 0.6 is 11.3 Å². The lowest BCUT2D eigenvalue weighted by molar-refractivity contribution is 0.112. The van der Waals surface area contributed by atoms with Crippen molar-refractivity contribution in [2.45, 2.75) is 13.3 Å². The van der Waals surface area contributed by atoms with Crippen molar-refractivity contribution in [3.8, 4) is 17.2 Å². The molecule has 0 saturated carbocycles. The highest BCUT2D eigenvalue weighted by Crippen LogP contribution is 2.32. The van der Waals surface area contributed by atoms with Gasteiger partial charge in [0.05, 0.1) is 15.0 Å². The first kappa shape index (κ1) is 11.6. The maximum absolute atomic E-state index is 11.2. The summed E-state index contributed by atoms with van der Waals surface area (Å²) in [6.45, 7) is -4.87. The Kier molecular flexibility index (Phi) is 3.20. The van der Waals surface area contributed by atoms with Crippen molar-refractivity contribution >= 4 is 27.7 Å². The second-order valence-electron chi connectivity index (χ2n) is 5.52. The predicted molar refractivity (Wildman–Crippen MR) is 103 cm³/mol. The molecule has 5 heteroatoms. The third-order valence-electron chi connectivity index (χ3n) is 3.87. The molecule has 0 aliphatic carbocycles. The first-order chi connectivity index (χ1) is 14.7. The largest absolute Gasteiger partial charge is 0.493 e. The molecular weight excluding hydrogens is 346 g/mol. The number of hydrogen-bond donors (Lipinski definition) is 0. The summed E-state index contributed by atoms with van der Waals surface area (Å²) in [5.74, 6) is -0.00189. The number of oxazole rings is 1. The summed E-state index contributed by atoms with van der Waals surface area (Å²) in [5.41, 5.74) is 1.05. The zero-order valence-electron chi connectivity index (χ0n) is 18.6. The summed E-state index contributed by atoms with van der Waals surface area (Å²) < 4.78 is 51.8. The molecule has 2 aromatic carbocycles. The molecule has 0 N–H and O–H groups in total. The molecule has 0 fully saturated rings. The van der Waals surface area contributed by atoms with E-state index in [0.29, 0.717) is 21.2 Å². The molecule has 0 radical (unpaired) electrons. The fraction of sp³-hybridized carbons (Fsp3) is 0.143. The third-order valence-corrected chi connectivity index (χ3v) is 4.84. The number of aromatic nitrogens is 1. The summed E-state index contributed by atoms with van der Waals surface area (Å²) in [7, 11) is 0. The number of benzene rings is 2. The van der Waals surface area contributed by atoms with Gasteiger partial charge < -0.3 is 9.15 Å². The molecule has 0 aliphatic rings. The molecule has 0 amide bonds. The summed E-state index contributed by atoms with van der Waals surface area (Å²) in [6.07, 6.45) is 0.304. The average Bonchev–Trinajstić information content (AvgIpc) is 3.36. The van der Waals surface area contributed by atoms with Gasteiger partial charge >= 0.3 is 0 Å². The lowest BCUT2D eigenvalue weighted by Crippen LogP contribution is -2.03. The molecule has 0 aliphatic heterocycles. The van der Waals surface area contributed by atoms with Gasteiger partial charge in [-0.1, -0.05) is 18.2 Å².